The minimum Gasteiger partial charge on any atom is -0.463 e. The zero-order valence-electron chi connectivity index (χ0n) is 13.4. The highest BCUT2D eigenvalue weighted by Crippen LogP contribution is 2.30. The van der Waals surface area contributed by atoms with Crippen molar-refractivity contribution in [3.05, 3.63) is 36.6 Å². The van der Waals surface area contributed by atoms with Gasteiger partial charge in [-0.3, -0.25) is 0 Å². The average molecular weight is 296 g/mol. The van der Waals surface area contributed by atoms with Gasteiger partial charge in [0, 0.05) is 11.4 Å². The Bertz CT molecular complexity index is 747. The van der Waals surface area contributed by atoms with Gasteiger partial charge in [0.05, 0.1) is 17.2 Å². The van der Waals surface area contributed by atoms with Gasteiger partial charge < -0.3 is 9.73 Å². The van der Waals surface area contributed by atoms with Crippen LogP contribution in [-0.2, 0) is 0 Å². The van der Waals surface area contributed by atoms with Gasteiger partial charge in [0.15, 0.2) is 0 Å². The smallest absolute Gasteiger partial charge is 0.146 e. The number of benzene rings is 1. The van der Waals surface area contributed by atoms with Gasteiger partial charge in [-0.2, -0.15) is 0 Å². The van der Waals surface area contributed by atoms with Gasteiger partial charge in [0.1, 0.15) is 11.4 Å². The predicted octanol–water partition coefficient (Wildman–Crippen LogP) is 5.75. The van der Waals surface area contributed by atoms with Gasteiger partial charge in [0.2, 0.25) is 0 Å². The zero-order valence-corrected chi connectivity index (χ0v) is 13.4. The summed E-state index contributed by atoms with van der Waals surface area (Å²) in [6, 6.07) is 10.6. The summed E-state index contributed by atoms with van der Waals surface area (Å²) in [7, 11) is 0. The molecule has 0 amide bonds. The summed E-state index contributed by atoms with van der Waals surface area (Å²) in [4.78, 5) is 4.79. The van der Waals surface area contributed by atoms with Gasteiger partial charge in [0.25, 0.3) is 0 Å². The van der Waals surface area contributed by atoms with Crippen molar-refractivity contribution in [3.63, 3.8) is 0 Å². The molecule has 3 heteroatoms. The Morgan fingerprint density at radius 3 is 2.82 bits per heavy atom. The second-order valence-corrected chi connectivity index (χ2v) is 6.04. The van der Waals surface area contributed by atoms with Crippen molar-refractivity contribution < 1.29 is 4.42 Å². The number of unbranched alkanes of at least 4 members (excludes halogenated alkanes) is 3. The molecule has 3 nitrogen and oxygen atoms in total. The van der Waals surface area contributed by atoms with E-state index in [4.69, 9.17) is 9.40 Å². The van der Waals surface area contributed by atoms with Crippen molar-refractivity contribution in [2.75, 3.05) is 5.32 Å². The quantitative estimate of drug-likeness (QED) is 0.564. The Kier molecular flexibility index (Phi) is 4.62. The van der Waals surface area contributed by atoms with E-state index in [1.165, 1.54) is 32.1 Å². The number of rotatable bonds is 7. The van der Waals surface area contributed by atoms with Crippen LogP contribution >= 0.6 is 0 Å². The SMILES string of the molecule is CCCCCC[C@@H](C)Nc1nc2ccccc2c2occc12. The van der Waals surface area contributed by atoms with E-state index in [9.17, 15) is 0 Å². The van der Waals surface area contributed by atoms with Crippen molar-refractivity contribution in [2.24, 2.45) is 0 Å². The van der Waals surface area contributed by atoms with Crippen LogP contribution < -0.4 is 5.32 Å². The standard InChI is InChI=1S/C19H24N2O/c1-3-4-5-6-9-14(2)20-19-16-12-13-22-18(16)15-10-7-8-11-17(15)21-19/h7-8,10-14H,3-6,9H2,1-2H3,(H,20,21)/t14-/m1/s1. The number of para-hydroxylation sites is 1. The van der Waals surface area contributed by atoms with E-state index < -0.39 is 0 Å². The van der Waals surface area contributed by atoms with Crippen LogP contribution in [0.15, 0.2) is 41.0 Å². The van der Waals surface area contributed by atoms with Gasteiger partial charge in [-0.05, 0) is 31.5 Å². The number of aromatic nitrogens is 1. The molecule has 0 aliphatic carbocycles. The van der Waals surface area contributed by atoms with Crippen LogP contribution in [0.1, 0.15) is 46.0 Å². The summed E-state index contributed by atoms with van der Waals surface area (Å²) in [5.74, 6) is 0.936. The molecule has 2 heterocycles. The van der Waals surface area contributed by atoms with Crippen molar-refractivity contribution in [2.45, 2.75) is 52.0 Å². The molecule has 0 aliphatic rings. The van der Waals surface area contributed by atoms with Gasteiger partial charge >= 0.3 is 0 Å². The summed E-state index contributed by atoms with van der Waals surface area (Å²) in [6.07, 6.45) is 8.11. The molecular formula is C19H24N2O. The molecule has 0 bridgehead atoms. The van der Waals surface area contributed by atoms with Crippen LogP contribution in [0.5, 0.6) is 0 Å². The van der Waals surface area contributed by atoms with Crippen LogP contribution in [0.25, 0.3) is 21.9 Å². The fourth-order valence-electron chi connectivity index (χ4n) is 2.94. The van der Waals surface area contributed by atoms with Crippen LogP contribution in [0, 0.1) is 0 Å². The number of nitrogens with zero attached hydrogens (tertiary/aromatic N) is 1. The molecule has 1 aromatic carbocycles. The number of pyridine rings is 1. The Labute approximate surface area is 131 Å². The van der Waals surface area contributed by atoms with E-state index in [2.05, 4.69) is 25.2 Å². The summed E-state index contributed by atoms with van der Waals surface area (Å²) in [5.41, 5.74) is 1.90. The number of furan rings is 1. The molecule has 0 aliphatic heterocycles. The first-order chi connectivity index (χ1) is 10.8. The molecule has 1 N–H and O–H groups in total. The molecule has 0 unspecified atom stereocenters. The topological polar surface area (TPSA) is 38.1 Å². The normalized spacial score (nSPS) is 12.8. The predicted molar refractivity (Wildman–Crippen MR) is 93.4 cm³/mol. The van der Waals surface area contributed by atoms with Crippen molar-refractivity contribution >= 4 is 27.7 Å². The third kappa shape index (κ3) is 3.08. The third-order valence-electron chi connectivity index (χ3n) is 4.18. The highest BCUT2D eigenvalue weighted by Gasteiger charge is 2.12. The van der Waals surface area contributed by atoms with Crippen LogP contribution in [0.2, 0.25) is 0 Å². The zero-order chi connectivity index (χ0) is 15.4. The molecule has 0 radical (unpaired) electrons. The van der Waals surface area contributed by atoms with E-state index in [-0.39, 0.29) is 0 Å². The number of hydrogen-bond donors (Lipinski definition) is 1. The lowest BCUT2D eigenvalue weighted by Crippen LogP contribution is -2.16. The number of nitrogens with one attached hydrogen (secondary N) is 1. The first kappa shape index (κ1) is 14.9. The molecule has 0 saturated heterocycles. The Morgan fingerprint density at radius 2 is 1.95 bits per heavy atom. The highest BCUT2D eigenvalue weighted by atomic mass is 16.3. The third-order valence-corrected chi connectivity index (χ3v) is 4.18. The van der Waals surface area contributed by atoms with E-state index in [0.717, 1.165) is 27.7 Å². The number of anilines is 1. The average Bonchev–Trinajstić information content (AvgIpc) is 3.02. The largest absolute Gasteiger partial charge is 0.463 e. The fourth-order valence-corrected chi connectivity index (χ4v) is 2.94. The molecular weight excluding hydrogens is 272 g/mol. The Hall–Kier alpha value is -2.03. The maximum atomic E-state index is 5.69. The van der Waals surface area contributed by atoms with E-state index in [0.29, 0.717) is 6.04 Å². The summed E-state index contributed by atoms with van der Waals surface area (Å²) >= 11 is 0. The molecule has 1 atom stereocenters. The first-order valence-corrected chi connectivity index (χ1v) is 8.32. The lowest BCUT2D eigenvalue weighted by Gasteiger charge is -2.15. The molecule has 2 aromatic heterocycles. The molecule has 116 valence electrons. The van der Waals surface area contributed by atoms with Crippen LogP contribution in [0.3, 0.4) is 0 Å². The van der Waals surface area contributed by atoms with E-state index in [1.807, 2.05) is 24.3 Å². The molecule has 0 fully saturated rings. The maximum absolute atomic E-state index is 5.69. The Morgan fingerprint density at radius 1 is 1.09 bits per heavy atom. The highest BCUT2D eigenvalue weighted by molar-refractivity contribution is 6.06. The summed E-state index contributed by atoms with van der Waals surface area (Å²) < 4.78 is 5.69. The van der Waals surface area contributed by atoms with Gasteiger partial charge in [-0.25, -0.2) is 4.98 Å². The molecule has 22 heavy (non-hydrogen) atoms. The maximum Gasteiger partial charge on any atom is 0.146 e. The van der Waals surface area contributed by atoms with Crippen molar-refractivity contribution in [1.29, 1.82) is 0 Å². The second-order valence-electron chi connectivity index (χ2n) is 6.04. The number of fused-ring (bicyclic) bond motifs is 3. The molecule has 0 saturated carbocycles. The first-order valence-electron chi connectivity index (χ1n) is 8.32. The van der Waals surface area contributed by atoms with Crippen LogP contribution in [-0.4, -0.2) is 11.0 Å². The van der Waals surface area contributed by atoms with Gasteiger partial charge in [-0.15, -0.1) is 0 Å². The lowest BCUT2D eigenvalue weighted by molar-refractivity contribution is 0.593. The fraction of sp³-hybridized carbons (Fsp3) is 0.421. The summed E-state index contributed by atoms with van der Waals surface area (Å²) in [6.45, 7) is 4.48. The lowest BCUT2D eigenvalue weighted by atomic mass is 10.1. The molecule has 0 spiro atoms. The summed E-state index contributed by atoms with van der Waals surface area (Å²) in [5, 5.41) is 5.71. The minimum atomic E-state index is 0.420. The van der Waals surface area contributed by atoms with E-state index in [1.54, 1.807) is 6.26 Å². The van der Waals surface area contributed by atoms with Gasteiger partial charge in [-0.1, -0.05) is 44.7 Å². The second kappa shape index (κ2) is 6.82. The monoisotopic (exact) mass is 296 g/mol. The number of hydrogen-bond acceptors (Lipinski definition) is 3. The molecule has 3 aromatic rings. The Balaban J connectivity index is 1.81. The van der Waals surface area contributed by atoms with Crippen molar-refractivity contribution in [3.8, 4) is 0 Å². The minimum absolute atomic E-state index is 0.420. The van der Waals surface area contributed by atoms with Crippen molar-refractivity contribution in [1.82, 2.24) is 4.98 Å². The molecule has 3 rings (SSSR count). The van der Waals surface area contributed by atoms with E-state index >= 15 is 0 Å². The van der Waals surface area contributed by atoms with Crippen LogP contribution in [0.4, 0.5) is 5.82 Å².